The third-order valence-corrected chi connectivity index (χ3v) is 6.29. The Hall–Kier alpha value is -1.40. The van der Waals surface area contributed by atoms with Crippen LogP contribution in [-0.2, 0) is 14.8 Å². The number of sulfonamides is 1. The van der Waals surface area contributed by atoms with Crippen molar-refractivity contribution in [2.75, 3.05) is 18.4 Å². The smallest absolute Gasteiger partial charge is 0.243 e. The summed E-state index contributed by atoms with van der Waals surface area (Å²) in [6.45, 7) is 6.90. The predicted octanol–water partition coefficient (Wildman–Crippen LogP) is 3.54. The van der Waals surface area contributed by atoms with Crippen molar-refractivity contribution in [2.45, 2.75) is 57.8 Å². The molecule has 1 N–H and O–H groups in total. The molecule has 24 heavy (non-hydrogen) atoms. The Morgan fingerprint density at radius 2 is 1.79 bits per heavy atom. The van der Waals surface area contributed by atoms with Gasteiger partial charge in [0.25, 0.3) is 0 Å². The third kappa shape index (κ3) is 4.80. The molecule has 1 aromatic rings. The Bertz CT molecular complexity index is 676. The quantitative estimate of drug-likeness (QED) is 0.881. The second-order valence-electron chi connectivity index (χ2n) is 6.94. The maximum atomic E-state index is 13.0. The van der Waals surface area contributed by atoms with Gasteiger partial charge in [-0.3, -0.25) is 4.79 Å². The number of carbonyl (C=O) groups excluding carboxylic acids is 1. The number of aryl methyl sites for hydroxylation is 1. The lowest BCUT2D eigenvalue weighted by Gasteiger charge is -2.21. The molecule has 1 amide bonds. The lowest BCUT2D eigenvalue weighted by atomic mass is 10.1. The molecular formula is C18H28N2O3S. The highest BCUT2D eigenvalue weighted by Gasteiger charge is 2.27. The normalized spacial score (nSPS) is 16.8. The highest BCUT2D eigenvalue weighted by molar-refractivity contribution is 7.89. The SMILES string of the molecule is Cc1ccc(NC(=O)CC(C)C)cc1S(=O)(=O)N1CCCCCC1. The molecule has 0 unspecified atom stereocenters. The monoisotopic (exact) mass is 352 g/mol. The molecule has 1 heterocycles. The van der Waals surface area contributed by atoms with Crippen molar-refractivity contribution in [1.29, 1.82) is 0 Å². The standard InChI is InChI=1S/C18H28N2O3S/c1-14(2)12-18(21)19-16-9-8-15(3)17(13-16)24(22,23)20-10-6-4-5-7-11-20/h8-9,13-14H,4-7,10-12H2,1-3H3,(H,19,21). The van der Waals surface area contributed by atoms with Crippen LogP contribution in [0.25, 0.3) is 0 Å². The number of amides is 1. The number of rotatable bonds is 5. The minimum absolute atomic E-state index is 0.0908. The van der Waals surface area contributed by atoms with E-state index in [9.17, 15) is 13.2 Å². The molecule has 0 saturated carbocycles. The number of nitrogens with zero attached hydrogens (tertiary/aromatic N) is 1. The number of hydrogen-bond acceptors (Lipinski definition) is 3. The second-order valence-corrected chi connectivity index (χ2v) is 8.85. The zero-order valence-corrected chi connectivity index (χ0v) is 15.7. The topological polar surface area (TPSA) is 66.5 Å². The molecule has 1 saturated heterocycles. The van der Waals surface area contributed by atoms with Gasteiger partial charge in [-0.15, -0.1) is 0 Å². The van der Waals surface area contributed by atoms with Crippen molar-refractivity contribution >= 4 is 21.6 Å². The summed E-state index contributed by atoms with van der Waals surface area (Å²) >= 11 is 0. The molecule has 1 aliphatic heterocycles. The first-order valence-corrected chi connectivity index (χ1v) is 10.2. The molecule has 1 aliphatic rings. The summed E-state index contributed by atoms with van der Waals surface area (Å²) < 4.78 is 27.6. The maximum Gasteiger partial charge on any atom is 0.243 e. The summed E-state index contributed by atoms with van der Waals surface area (Å²) in [4.78, 5) is 12.2. The molecule has 0 aromatic heterocycles. The van der Waals surface area contributed by atoms with Crippen LogP contribution in [0.2, 0.25) is 0 Å². The van der Waals surface area contributed by atoms with Gasteiger partial charge in [0.05, 0.1) is 4.90 Å². The van der Waals surface area contributed by atoms with Crippen molar-refractivity contribution in [3.05, 3.63) is 23.8 Å². The van der Waals surface area contributed by atoms with E-state index in [1.165, 1.54) is 0 Å². The molecule has 0 radical (unpaired) electrons. The van der Waals surface area contributed by atoms with Crippen LogP contribution in [0.1, 0.15) is 51.5 Å². The van der Waals surface area contributed by atoms with Gasteiger partial charge < -0.3 is 5.32 Å². The van der Waals surface area contributed by atoms with Gasteiger partial charge in [-0.2, -0.15) is 4.31 Å². The molecule has 1 fully saturated rings. The van der Waals surface area contributed by atoms with Crippen LogP contribution in [0.15, 0.2) is 23.1 Å². The van der Waals surface area contributed by atoms with Gasteiger partial charge in [-0.1, -0.05) is 32.8 Å². The molecule has 6 heteroatoms. The summed E-state index contributed by atoms with van der Waals surface area (Å²) in [6.07, 6.45) is 4.39. The molecule has 5 nitrogen and oxygen atoms in total. The number of hydrogen-bond donors (Lipinski definition) is 1. The summed E-state index contributed by atoms with van der Waals surface area (Å²) in [5.74, 6) is 0.169. The van der Waals surface area contributed by atoms with Crippen molar-refractivity contribution in [2.24, 2.45) is 5.92 Å². The summed E-state index contributed by atoms with van der Waals surface area (Å²) in [5, 5.41) is 2.81. The molecule has 1 aromatic carbocycles. The van der Waals surface area contributed by atoms with Crippen LogP contribution >= 0.6 is 0 Å². The van der Waals surface area contributed by atoms with E-state index in [1.54, 1.807) is 29.4 Å². The molecular weight excluding hydrogens is 324 g/mol. The van der Waals surface area contributed by atoms with Gasteiger partial charge in [-0.05, 0) is 43.4 Å². The first-order valence-electron chi connectivity index (χ1n) is 8.71. The van der Waals surface area contributed by atoms with Crippen molar-refractivity contribution in [1.82, 2.24) is 4.31 Å². The van der Waals surface area contributed by atoms with E-state index in [-0.39, 0.29) is 11.8 Å². The molecule has 0 aliphatic carbocycles. The fourth-order valence-corrected chi connectivity index (χ4v) is 4.73. The maximum absolute atomic E-state index is 13.0. The molecule has 2 rings (SSSR count). The van der Waals surface area contributed by atoms with Crippen molar-refractivity contribution in [3.63, 3.8) is 0 Å². The highest BCUT2D eigenvalue weighted by atomic mass is 32.2. The Morgan fingerprint density at radius 3 is 2.38 bits per heavy atom. The molecule has 0 bridgehead atoms. The van der Waals surface area contributed by atoms with E-state index in [0.29, 0.717) is 35.7 Å². The Kier molecular flexibility index (Phi) is 6.40. The molecule has 134 valence electrons. The molecule has 0 atom stereocenters. The summed E-state index contributed by atoms with van der Waals surface area (Å²) in [6, 6.07) is 5.11. The second kappa shape index (κ2) is 8.12. The lowest BCUT2D eigenvalue weighted by Crippen LogP contribution is -2.32. The zero-order valence-electron chi connectivity index (χ0n) is 14.8. The van der Waals surface area contributed by atoms with E-state index in [4.69, 9.17) is 0 Å². The Morgan fingerprint density at radius 1 is 1.17 bits per heavy atom. The van der Waals surface area contributed by atoms with Crippen LogP contribution in [-0.4, -0.2) is 31.7 Å². The van der Waals surface area contributed by atoms with E-state index in [0.717, 1.165) is 25.7 Å². The number of carbonyl (C=O) groups is 1. The lowest BCUT2D eigenvalue weighted by molar-refractivity contribution is -0.116. The van der Waals surface area contributed by atoms with Gasteiger partial charge >= 0.3 is 0 Å². The van der Waals surface area contributed by atoms with Crippen LogP contribution in [0.3, 0.4) is 0 Å². The summed E-state index contributed by atoms with van der Waals surface area (Å²) in [7, 11) is -3.52. The Balaban J connectivity index is 2.25. The van der Waals surface area contributed by atoms with Crippen LogP contribution in [0.4, 0.5) is 5.69 Å². The first-order chi connectivity index (χ1) is 11.3. The number of benzene rings is 1. The predicted molar refractivity (Wildman–Crippen MR) is 96.5 cm³/mol. The zero-order chi connectivity index (χ0) is 17.7. The third-order valence-electron chi connectivity index (χ3n) is 4.25. The fraction of sp³-hybridized carbons (Fsp3) is 0.611. The van der Waals surface area contributed by atoms with Gasteiger partial charge in [0, 0.05) is 25.2 Å². The van der Waals surface area contributed by atoms with Crippen molar-refractivity contribution < 1.29 is 13.2 Å². The number of anilines is 1. The van der Waals surface area contributed by atoms with Gasteiger partial charge in [0.2, 0.25) is 15.9 Å². The van der Waals surface area contributed by atoms with Crippen LogP contribution < -0.4 is 5.32 Å². The first kappa shape index (κ1) is 18.9. The van der Waals surface area contributed by atoms with Crippen molar-refractivity contribution in [3.8, 4) is 0 Å². The van der Waals surface area contributed by atoms with E-state index < -0.39 is 10.0 Å². The summed E-state index contributed by atoms with van der Waals surface area (Å²) in [5.41, 5.74) is 1.25. The van der Waals surface area contributed by atoms with Crippen LogP contribution in [0.5, 0.6) is 0 Å². The minimum atomic E-state index is -3.52. The average molecular weight is 353 g/mol. The molecule has 0 spiro atoms. The van der Waals surface area contributed by atoms with E-state index >= 15 is 0 Å². The van der Waals surface area contributed by atoms with E-state index in [2.05, 4.69) is 5.32 Å². The largest absolute Gasteiger partial charge is 0.326 e. The minimum Gasteiger partial charge on any atom is -0.326 e. The Labute approximate surface area is 145 Å². The number of nitrogens with one attached hydrogen (secondary N) is 1. The average Bonchev–Trinajstić information content (AvgIpc) is 2.78. The van der Waals surface area contributed by atoms with Gasteiger partial charge in [-0.25, -0.2) is 8.42 Å². The van der Waals surface area contributed by atoms with E-state index in [1.807, 2.05) is 13.8 Å². The van der Waals surface area contributed by atoms with Gasteiger partial charge in [0.1, 0.15) is 0 Å². The van der Waals surface area contributed by atoms with Gasteiger partial charge in [0.15, 0.2) is 0 Å². The fourth-order valence-electron chi connectivity index (χ4n) is 2.96. The van der Waals surface area contributed by atoms with Crippen LogP contribution in [0, 0.1) is 12.8 Å². The highest BCUT2D eigenvalue weighted by Crippen LogP contribution is 2.26.